The topological polar surface area (TPSA) is 67.9 Å². The van der Waals surface area contributed by atoms with E-state index in [1.54, 1.807) is 6.92 Å². The van der Waals surface area contributed by atoms with Gasteiger partial charge < -0.3 is 19.7 Å². The Morgan fingerprint density at radius 2 is 2.26 bits per heavy atom. The SMILES string of the molecule is COCC(=O)N1C[C@@H]2[C@H](CNC(=O)c3ccc(F)cc3C)[C@H]3CC[C@]2(C1)O3. The van der Waals surface area contributed by atoms with Crippen LogP contribution in [0.2, 0.25) is 0 Å². The van der Waals surface area contributed by atoms with Crippen molar-refractivity contribution in [3.05, 3.63) is 35.1 Å². The second-order valence-corrected chi connectivity index (χ2v) is 7.91. The predicted molar refractivity (Wildman–Crippen MR) is 95.7 cm³/mol. The van der Waals surface area contributed by atoms with Crippen molar-refractivity contribution in [2.45, 2.75) is 31.5 Å². The molecule has 3 saturated heterocycles. The number of methoxy groups -OCH3 is 1. The Labute approximate surface area is 158 Å². The highest BCUT2D eigenvalue weighted by atomic mass is 19.1. The maximum Gasteiger partial charge on any atom is 0.251 e. The Morgan fingerprint density at radius 1 is 1.44 bits per heavy atom. The zero-order valence-electron chi connectivity index (χ0n) is 15.7. The number of halogens is 1. The fourth-order valence-corrected chi connectivity index (χ4v) is 5.06. The van der Waals surface area contributed by atoms with Gasteiger partial charge in [-0.1, -0.05) is 0 Å². The van der Waals surface area contributed by atoms with Crippen molar-refractivity contribution >= 4 is 11.8 Å². The molecule has 4 atom stereocenters. The number of ether oxygens (including phenoxy) is 2. The van der Waals surface area contributed by atoms with Crippen LogP contribution in [0.15, 0.2) is 18.2 Å². The Bertz CT molecular complexity index is 770. The summed E-state index contributed by atoms with van der Waals surface area (Å²) in [6, 6.07) is 4.17. The highest BCUT2D eigenvalue weighted by Crippen LogP contribution is 2.54. The minimum Gasteiger partial charge on any atom is -0.375 e. The molecule has 0 saturated carbocycles. The third-order valence-electron chi connectivity index (χ3n) is 6.34. The number of fused-ring (bicyclic) bond motifs is 1. The molecular weight excluding hydrogens is 351 g/mol. The molecule has 0 unspecified atom stereocenters. The van der Waals surface area contributed by atoms with E-state index >= 15 is 0 Å². The van der Waals surface area contributed by atoms with E-state index in [0.29, 0.717) is 30.8 Å². The molecule has 2 amide bonds. The number of benzene rings is 1. The van der Waals surface area contributed by atoms with Crippen molar-refractivity contribution in [3.63, 3.8) is 0 Å². The average Bonchev–Trinajstić information content (AvgIpc) is 3.28. The molecule has 1 aromatic rings. The van der Waals surface area contributed by atoms with Gasteiger partial charge in [0.15, 0.2) is 0 Å². The summed E-state index contributed by atoms with van der Waals surface area (Å²) in [4.78, 5) is 26.6. The molecule has 0 aliphatic carbocycles. The van der Waals surface area contributed by atoms with Crippen molar-refractivity contribution in [1.82, 2.24) is 10.2 Å². The van der Waals surface area contributed by atoms with Gasteiger partial charge in [0.1, 0.15) is 12.4 Å². The molecule has 1 aromatic carbocycles. The van der Waals surface area contributed by atoms with Crippen molar-refractivity contribution < 1.29 is 23.5 Å². The lowest BCUT2D eigenvalue weighted by Gasteiger charge is -2.29. The maximum atomic E-state index is 13.3. The minimum absolute atomic E-state index is 0.0157. The van der Waals surface area contributed by atoms with E-state index in [0.717, 1.165) is 12.8 Å². The summed E-state index contributed by atoms with van der Waals surface area (Å²) in [5.74, 6) is -0.151. The Kier molecular flexibility index (Phi) is 4.68. The van der Waals surface area contributed by atoms with Crippen molar-refractivity contribution in [2.24, 2.45) is 11.8 Å². The van der Waals surface area contributed by atoms with Gasteiger partial charge in [-0.3, -0.25) is 9.59 Å². The third kappa shape index (κ3) is 3.12. The van der Waals surface area contributed by atoms with Crippen LogP contribution in [0.3, 0.4) is 0 Å². The number of carbonyl (C=O) groups excluding carboxylic acids is 2. The molecule has 27 heavy (non-hydrogen) atoms. The van der Waals surface area contributed by atoms with Crippen LogP contribution in [0.1, 0.15) is 28.8 Å². The molecular formula is C20H25FN2O4. The first-order valence-corrected chi connectivity index (χ1v) is 9.42. The van der Waals surface area contributed by atoms with E-state index < -0.39 is 0 Å². The van der Waals surface area contributed by atoms with Crippen LogP contribution < -0.4 is 5.32 Å². The lowest BCUT2D eigenvalue weighted by molar-refractivity contribution is -0.135. The lowest BCUT2D eigenvalue weighted by Crippen LogP contribution is -2.42. The Hall–Kier alpha value is -1.99. The van der Waals surface area contributed by atoms with E-state index in [9.17, 15) is 14.0 Å². The summed E-state index contributed by atoms with van der Waals surface area (Å²) in [5, 5.41) is 3.00. The molecule has 6 nitrogen and oxygen atoms in total. The monoisotopic (exact) mass is 376 g/mol. The van der Waals surface area contributed by atoms with Crippen LogP contribution in [0.5, 0.6) is 0 Å². The van der Waals surface area contributed by atoms with Crippen LogP contribution in [-0.2, 0) is 14.3 Å². The quantitative estimate of drug-likeness (QED) is 0.846. The summed E-state index contributed by atoms with van der Waals surface area (Å²) >= 11 is 0. The van der Waals surface area contributed by atoms with Gasteiger partial charge in [-0.05, 0) is 43.5 Å². The normalized spacial score (nSPS) is 31.2. The second-order valence-electron chi connectivity index (χ2n) is 7.91. The molecule has 2 bridgehead atoms. The van der Waals surface area contributed by atoms with Crippen LogP contribution in [0.4, 0.5) is 4.39 Å². The first-order valence-electron chi connectivity index (χ1n) is 9.42. The second kappa shape index (κ2) is 6.87. The van der Waals surface area contributed by atoms with E-state index in [4.69, 9.17) is 9.47 Å². The number of likely N-dealkylation sites (tertiary alicyclic amines) is 1. The molecule has 3 fully saturated rings. The summed E-state index contributed by atoms with van der Waals surface area (Å²) in [6.07, 6.45) is 2.05. The number of aryl methyl sites for hydroxylation is 1. The van der Waals surface area contributed by atoms with Gasteiger partial charge in [0, 0.05) is 37.6 Å². The number of rotatable bonds is 5. The fourth-order valence-electron chi connectivity index (χ4n) is 5.06. The third-order valence-corrected chi connectivity index (χ3v) is 6.34. The van der Waals surface area contributed by atoms with Crippen molar-refractivity contribution in [2.75, 3.05) is 33.4 Å². The molecule has 3 heterocycles. The summed E-state index contributed by atoms with van der Waals surface area (Å²) in [7, 11) is 1.52. The van der Waals surface area contributed by atoms with Crippen LogP contribution in [0, 0.1) is 24.6 Å². The minimum atomic E-state index is -0.348. The molecule has 3 aliphatic heterocycles. The molecule has 4 rings (SSSR count). The van der Waals surface area contributed by atoms with Gasteiger partial charge in [0.2, 0.25) is 5.91 Å². The largest absolute Gasteiger partial charge is 0.375 e. The van der Waals surface area contributed by atoms with Crippen LogP contribution in [-0.4, -0.2) is 61.8 Å². The van der Waals surface area contributed by atoms with E-state index in [2.05, 4.69) is 5.32 Å². The highest BCUT2D eigenvalue weighted by Gasteiger charge is 2.63. The Morgan fingerprint density at radius 3 is 3.00 bits per heavy atom. The first kappa shape index (κ1) is 18.4. The van der Waals surface area contributed by atoms with Crippen molar-refractivity contribution in [3.8, 4) is 0 Å². The van der Waals surface area contributed by atoms with E-state index in [1.165, 1.54) is 25.3 Å². The smallest absolute Gasteiger partial charge is 0.251 e. The van der Waals surface area contributed by atoms with Gasteiger partial charge >= 0.3 is 0 Å². The molecule has 1 spiro atoms. The molecule has 1 N–H and O–H groups in total. The fraction of sp³-hybridized carbons (Fsp3) is 0.600. The highest BCUT2D eigenvalue weighted by molar-refractivity contribution is 5.95. The number of hydrogen-bond acceptors (Lipinski definition) is 4. The number of nitrogens with zero attached hydrogens (tertiary/aromatic N) is 1. The summed E-state index contributed by atoms with van der Waals surface area (Å²) in [5.41, 5.74) is 0.832. The number of amides is 2. The molecule has 0 aromatic heterocycles. The summed E-state index contributed by atoms with van der Waals surface area (Å²) < 4.78 is 24.5. The van der Waals surface area contributed by atoms with Gasteiger partial charge in [0.25, 0.3) is 5.91 Å². The van der Waals surface area contributed by atoms with Gasteiger partial charge in [-0.15, -0.1) is 0 Å². The van der Waals surface area contributed by atoms with Crippen molar-refractivity contribution in [1.29, 1.82) is 0 Å². The van der Waals surface area contributed by atoms with Gasteiger partial charge in [-0.2, -0.15) is 0 Å². The molecule has 7 heteroatoms. The maximum absolute atomic E-state index is 13.3. The zero-order valence-corrected chi connectivity index (χ0v) is 15.7. The molecule has 0 radical (unpaired) electrons. The molecule has 3 aliphatic rings. The number of nitrogens with one attached hydrogen (secondary N) is 1. The first-order chi connectivity index (χ1) is 12.9. The molecule has 146 valence electrons. The lowest BCUT2D eigenvalue weighted by atomic mass is 9.73. The van der Waals surface area contributed by atoms with Gasteiger partial charge in [0.05, 0.1) is 18.2 Å². The van der Waals surface area contributed by atoms with Crippen LogP contribution >= 0.6 is 0 Å². The van der Waals surface area contributed by atoms with Gasteiger partial charge in [-0.25, -0.2) is 4.39 Å². The number of carbonyl (C=O) groups is 2. The van der Waals surface area contributed by atoms with Crippen LogP contribution in [0.25, 0.3) is 0 Å². The Balaban J connectivity index is 1.42. The number of hydrogen-bond donors (Lipinski definition) is 1. The predicted octanol–water partition coefficient (Wildman–Crippen LogP) is 1.52. The van der Waals surface area contributed by atoms with E-state index in [-0.39, 0.29) is 47.8 Å². The summed E-state index contributed by atoms with van der Waals surface area (Å²) in [6.45, 7) is 3.56. The average molecular weight is 376 g/mol. The van der Waals surface area contributed by atoms with E-state index in [1.807, 2.05) is 4.90 Å². The zero-order chi connectivity index (χ0) is 19.2. The standard InChI is InChI=1S/C20H25FN2O4/c1-12-7-13(21)3-4-14(12)19(25)22-8-15-16-9-23(18(24)10-26-2)11-20(16)6-5-17(15)27-20/h3-4,7,15-17H,5-6,8-11H2,1-2H3,(H,22,25)/t15-,16+,17+,20+/m0/s1.